The molecule has 0 radical (unpaired) electrons. The summed E-state index contributed by atoms with van der Waals surface area (Å²) in [6, 6.07) is 7.81. The van der Waals surface area contributed by atoms with E-state index in [9.17, 15) is 26.7 Å². The fraction of sp³-hybridized carbons (Fsp3) is 0.391. The molecule has 4 N–H and O–H groups in total. The fourth-order valence-electron chi connectivity index (χ4n) is 4.43. The third kappa shape index (κ3) is 4.98. The maximum Gasteiger partial charge on any atom is 0.279 e. The van der Waals surface area contributed by atoms with Gasteiger partial charge in [0.1, 0.15) is 17.5 Å². The van der Waals surface area contributed by atoms with E-state index in [0.717, 1.165) is 15.9 Å². The average Bonchev–Trinajstić information content (AvgIpc) is 3.12. The molecule has 1 atom stereocenters. The number of aliphatic hydroxyl groups excluding tert-OH is 2. The van der Waals surface area contributed by atoms with E-state index in [0.29, 0.717) is 29.5 Å². The minimum absolute atomic E-state index is 0.000337. The lowest BCUT2D eigenvalue weighted by Crippen LogP contribution is -2.45. The Bertz CT molecular complexity index is 1270. The molecular weight excluding hydrogens is 471 g/mol. The number of nitrogens with zero attached hydrogens (tertiary/aromatic N) is 1. The molecule has 1 heterocycles. The number of aliphatic hydroxyl groups is 2. The van der Waals surface area contributed by atoms with Crippen molar-refractivity contribution in [3.05, 3.63) is 59.4 Å². The number of aromatic nitrogens is 1. The maximum absolute atomic E-state index is 14.5. The maximum atomic E-state index is 14.5. The molecule has 7 nitrogen and oxygen atoms in total. The Morgan fingerprint density at radius 1 is 1.15 bits per heavy atom. The van der Waals surface area contributed by atoms with Crippen molar-refractivity contribution in [1.82, 2.24) is 14.0 Å². The summed E-state index contributed by atoms with van der Waals surface area (Å²) < 4.78 is 70.1. The highest BCUT2D eigenvalue weighted by Crippen LogP contribution is 2.48. The molecule has 4 rings (SSSR count). The second-order valence-electron chi connectivity index (χ2n) is 8.74. The Hall–Kier alpha value is -2.44. The molecule has 1 fully saturated rings. The number of rotatable bonds is 9. The zero-order chi connectivity index (χ0) is 24.6. The van der Waals surface area contributed by atoms with Crippen LogP contribution in [0.15, 0.2) is 36.4 Å². The molecule has 184 valence electrons. The molecule has 0 aliphatic heterocycles. The number of likely N-dealkylation sites (N-methyl/N-ethyl adjacent to an activating group) is 1. The van der Waals surface area contributed by atoms with Crippen LogP contribution in [0, 0.1) is 23.4 Å². The zero-order valence-corrected chi connectivity index (χ0v) is 19.2. The molecule has 0 bridgehead atoms. The average molecular weight is 498 g/mol. The van der Waals surface area contributed by atoms with Crippen molar-refractivity contribution in [1.29, 1.82) is 0 Å². The molecule has 0 spiro atoms. The van der Waals surface area contributed by atoms with Crippen molar-refractivity contribution in [2.75, 3.05) is 26.7 Å². The van der Waals surface area contributed by atoms with Gasteiger partial charge in [-0.05, 0) is 66.1 Å². The summed E-state index contributed by atoms with van der Waals surface area (Å²) in [5.41, 5.74) is 2.12. The Kier molecular flexibility index (Phi) is 7.02. The normalized spacial score (nSPS) is 19.5. The lowest BCUT2D eigenvalue weighted by molar-refractivity contribution is 0.0823. The summed E-state index contributed by atoms with van der Waals surface area (Å²) in [6.45, 7) is -0.631. The van der Waals surface area contributed by atoms with E-state index in [1.165, 1.54) is 25.2 Å². The van der Waals surface area contributed by atoms with E-state index in [1.54, 1.807) is 12.1 Å². The zero-order valence-electron chi connectivity index (χ0n) is 18.4. The van der Waals surface area contributed by atoms with E-state index >= 15 is 0 Å². The van der Waals surface area contributed by atoms with Gasteiger partial charge in [0, 0.05) is 31.6 Å². The van der Waals surface area contributed by atoms with Gasteiger partial charge in [-0.15, -0.1) is 0 Å². The number of hydrogen-bond acceptors (Lipinski definition) is 4. The number of aromatic amines is 1. The van der Waals surface area contributed by atoms with Crippen LogP contribution < -0.4 is 4.72 Å². The summed E-state index contributed by atoms with van der Waals surface area (Å²) in [5, 5.41) is 18.8. The smallest absolute Gasteiger partial charge is 0.279 e. The van der Waals surface area contributed by atoms with Crippen LogP contribution >= 0.6 is 0 Å². The van der Waals surface area contributed by atoms with Gasteiger partial charge < -0.3 is 15.2 Å². The van der Waals surface area contributed by atoms with Crippen molar-refractivity contribution in [3.63, 3.8) is 0 Å². The standard InChI is InChI=1S/C23H26F3N3O4S/c1-29(11-18(31)12-30)34(32,33)27-10-13-6-15(7-13)21-19-8-17(25)9-20(26)23(19)28-22(21)14-2-4-16(24)5-3-14/h2-5,8-9,13,15,18,27-28,30-31H,6-7,10-12H2,1H3/t13-,15-,18-/m1/s1. The largest absolute Gasteiger partial charge is 0.394 e. The lowest BCUT2D eigenvalue weighted by Gasteiger charge is -2.36. The van der Waals surface area contributed by atoms with Crippen LogP contribution in [0.3, 0.4) is 0 Å². The first-order chi connectivity index (χ1) is 16.1. The van der Waals surface area contributed by atoms with Crippen LogP contribution in [0.4, 0.5) is 13.2 Å². The second kappa shape index (κ2) is 9.67. The molecule has 11 heteroatoms. The molecule has 2 aromatic carbocycles. The minimum Gasteiger partial charge on any atom is -0.394 e. The summed E-state index contributed by atoms with van der Waals surface area (Å²) >= 11 is 0. The van der Waals surface area contributed by atoms with Gasteiger partial charge >= 0.3 is 0 Å². The predicted octanol–water partition coefficient (Wildman–Crippen LogP) is 2.87. The lowest BCUT2D eigenvalue weighted by atomic mass is 9.70. The number of nitrogens with one attached hydrogen (secondary N) is 2. The van der Waals surface area contributed by atoms with Gasteiger partial charge in [0.05, 0.1) is 23.9 Å². The van der Waals surface area contributed by atoms with Gasteiger partial charge in [-0.25, -0.2) is 17.9 Å². The van der Waals surface area contributed by atoms with Gasteiger partial charge in [-0.1, -0.05) is 0 Å². The van der Waals surface area contributed by atoms with Crippen molar-refractivity contribution in [3.8, 4) is 11.3 Å². The molecule has 1 saturated carbocycles. The van der Waals surface area contributed by atoms with E-state index < -0.39 is 40.4 Å². The van der Waals surface area contributed by atoms with Crippen molar-refractivity contribution < 1.29 is 31.8 Å². The molecule has 1 aromatic heterocycles. The molecule has 34 heavy (non-hydrogen) atoms. The summed E-state index contributed by atoms with van der Waals surface area (Å²) in [6.07, 6.45) is -0.00236. The van der Waals surface area contributed by atoms with Gasteiger partial charge in [-0.3, -0.25) is 0 Å². The summed E-state index contributed by atoms with van der Waals surface area (Å²) in [5.74, 6) is -1.90. The topological polar surface area (TPSA) is 106 Å². The quantitative estimate of drug-likeness (QED) is 0.365. The Labute approximate surface area is 195 Å². The van der Waals surface area contributed by atoms with Crippen molar-refractivity contribution in [2.24, 2.45) is 5.92 Å². The van der Waals surface area contributed by atoms with E-state index in [2.05, 4.69) is 9.71 Å². The summed E-state index contributed by atoms with van der Waals surface area (Å²) in [7, 11) is -2.54. The highest BCUT2D eigenvalue weighted by Gasteiger charge is 2.35. The van der Waals surface area contributed by atoms with Gasteiger partial charge in [0.25, 0.3) is 10.2 Å². The van der Waals surface area contributed by atoms with Gasteiger partial charge in [0.2, 0.25) is 0 Å². The predicted molar refractivity (Wildman–Crippen MR) is 122 cm³/mol. The Morgan fingerprint density at radius 3 is 2.47 bits per heavy atom. The summed E-state index contributed by atoms with van der Waals surface area (Å²) in [4.78, 5) is 3.03. The van der Waals surface area contributed by atoms with Crippen LogP contribution in [-0.2, 0) is 10.2 Å². The first-order valence-corrected chi connectivity index (χ1v) is 12.3. The number of H-pyrrole nitrogens is 1. The van der Waals surface area contributed by atoms with Crippen LogP contribution in [-0.4, -0.2) is 60.8 Å². The first kappa shape index (κ1) is 24.7. The molecule has 1 aliphatic rings. The molecule has 0 saturated heterocycles. The van der Waals surface area contributed by atoms with Gasteiger partial charge in [0.15, 0.2) is 0 Å². The Morgan fingerprint density at radius 2 is 1.82 bits per heavy atom. The van der Waals surface area contributed by atoms with Gasteiger partial charge in [-0.2, -0.15) is 12.7 Å². The molecule has 0 unspecified atom stereocenters. The number of fused-ring (bicyclic) bond motifs is 1. The van der Waals surface area contributed by atoms with E-state index in [-0.39, 0.29) is 30.4 Å². The van der Waals surface area contributed by atoms with Crippen LogP contribution in [0.25, 0.3) is 22.2 Å². The van der Waals surface area contributed by atoms with E-state index in [4.69, 9.17) is 5.11 Å². The SMILES string of the molecule is CN(C[C@@H](O)CO)S(=O)(=O)NC[C@H]1C[C@H](c2c(-c3ccc(F)cc3)[nH]c3c(F)cc(F)cc32)C1. The van der Waals surface area contributed by atoms with Crippen LogP contribution in [0.1, 0.15) is 24.3 Å². The Balaban J connectivity index is 1.53. The second-order valence-corrected chi connectivity index (χ2v) is 10.6. The van der Waals surface area contributed by atoms with Crippen molar-refractivity contribution >= 4 is 21.1 Å². The number of halogens is 3. The van der Waals surface area contributed by atoms with Crippen LogP contribution in [0.2, 0.25) is 0 Å². The number of benzene rings is 2. The van der Waals surface area contributed by atoms with E-state index in [1.807, 2.05) is 0 Å². The molecule has 0 amide bonds. The molecular formula is C23H26F3N3O4S. The minimum atomic E-state index is -3.84. The highest BCUT2D eigenvalue weighted by molar-refractivity contribution is 7.87. The molecule has 3 aromatic rings. The monoisotopic (exact) mass is 497 g/mol. The number of hydrogen-bond donors (Lipinski definition) is 4. The highest BCUT2D eigenvalue weighted by atomic mass is 32.2. The third-order valence-corrected chi connectivity index (χ3v) is 7.79. The first-order valence-electron chi connectivity index (χ1n) is 10.9. The van der Waals surface area contributed by atoms with Crippen LogP contribution in [0.5, 0.6) is 0 Å². The molecule has 1 aliphatic carbocycles. The fourth-order valence-corrected chi connectivity index (χ4v) is 5.47. The third-order valence-electron chi connectivity index (χ3n) is 6.28. The van der Waals surface area contributed by atoms with Crippen molar-refractivity contribution in [2.45, 2.75) is 24.9 Å².